The van der Waals surface area contributed by atoms with Crippen LogP contribution in [-0.4, -0.2) is 5.91 Å². The van der Waals surface area contributed by atoms with Gasteiger partial charge in [-0.25, -0.2) is 0 Å². The van der Waals surface area contributed by atoms with Crippen molar-refractivity contribution >= 4 is 23.2 Å². The van der Waals surface area contributed by atoms with E-state index in [2.05, 4.69) is 29.6 Å². The normalized spacial score (nSPS) is 11.8. The number of amides is 1. The topological polar surface area (TPSA) is 29.1 Å². The molecule has 4 rings (SSSR count). The molecule has 0 aliphatic heterocycles. The minimum absolute atomic E-state index is 0.0907. The average molecular weight is 412 g/mol. The first kappa shape index (κ1) is 19.9. The van der Waals surface area contributed by atoms with E-state index in [-0.39, 0.29) is 11.8 Å². The minimum Gasteiger partial charge on any atom is -0.324 e. The summed E-state index contributed by atoms with van der Waals surface area (Å²) in [6.45, 7) is 0. The van der Waals surface area contributed by atoms with Gasteiger partial charge in [0, 0.05) is 5.92 Å². The number of nitrogens with one attached hydrogen (secondary N) is 1. The number of anilines is 1. The van der Waals surface area contributed by atoms with E-state index < -0.39 is 5.92 Å². The highest BCUT2D eigenvalue weighted by Crippen LogP contribution is 2.39. The fraction of sp³-hybridized carbons (Fsp3) is 0.0741. The maximum Gasteiger partial charge on any atom is 0.232 e. The molecule has 30 heavy (non-hydrogen) atoms. The maximum atomic E-state index is 13.7. The van der Waals surface area contributed by atoms with E-state index in [1.807, 2.05) is 84.9 Å². The first-order valence-electron chi connectivity index (χ1n) is 9.94. The number of carbonyl (C=O) groups is 1. The molecular weight excluding hydrogens is 390 g/mol. The second-order valence-electron chi connectivity index (χ2n) is 7.16. The Kier molecular flexibility index (Phi) is 6.26. The number of hydrogen-bond donors (Lipinski definition) is 1. The van der Waals surface area contributed by atoms with Crippen LogP contribution in [0.3, 0.4) is 0 Å². The second-order valence-corrected chi connectivity index (χ2v) is 7.56. The van der Waals surface area contributed by atoms with E-state index in [1.54, 1.807) is 6.07 Å². The van der Waals surface area contributed by atoms with Gasteiger partial charge in [0.05, 0.1) is 16.6 Å². The highest BCUT2D eigenvalue weighted by atomic mass is 35.5. The highest BCUT2D eigenvalue weighted by Gasteiger charge is 2.32. The number of hydrogen-bond acceptors (Lipinski definition) is 1. The van der Waals surface area contributed by atoms with Gasteiger partial charge in [0.2, 0.25) is 5.91 Å². The quantitative estimate of drug-likeness (QED) is 0.367. The Labute approximate surface area is 182 Å². The molecule has 0 aliphatic rings. The molecule has 0 spiro atoms. The molecule has 0 saturated carbocycles. The van der Waals surface area contributed by atoms with Crippen molar-refractivity contribution in [3.05, 3.63) is 137 Å². The standard InChI is InChI=1S/C27H22ClNO/c28-23-18-10-11-19-24(23)29-27(30)26(22-16-8-3-9-17-22)25(20-12-4-1-5-13-20)21-14-6-2-7-15-21/h1-19,25-26H,(H,29,30). The van der Waals surface area contributed by atoms with E-state index in [1.165, 1.54) is 0 Å². The van der Waals surface area contributed by atoms with Crippen molar-refractivity contribution in [1.82, 2.24) is 0 Å². The largest absolute Gasteiger partial charge is 0.324 e. The van der Waals surface area contributed by atoms with Crippen LogP contribution in [0, 0.1) is 0 Å². The molecule has 3 heteroatoms. The zero-order chi connectivity index (χ0) is 20.8. The third-order valence-corrected chi connectivity index (χ3v) is 5.55. The molecule has 0 saturated heterocycles. The van der Waals surface area contributed by atoms with Crippen LogP contribution in [-0.2, 0) is 4.79 Å². The van der Waals surface area contributed by atoms with Gasteiger partial charge in [0.1, 0.15) is 0 Å². The van der Waals surface area contributed by atoms with Gasteiger partial charge in [-0.3, -0.25) is 4.79 Å². The van der Waals surface area contributed by atoms with Crippen LogP contribution in [0.4, 0.5) is 5.69 Å². The van der Waals surface area contributed by atoms with Crippen molar-refractivity contribution in [3.8, 4) is 0 Å². The number of para-hydroxylation sites is 1. The summed E-state index contributed by atoms with van der Waals surface area (Å²) in [5.74, 6) is -0.656. The van der Waals surface area contributed by atoms with Crippen LogP contribution in [0.5, 0.6) is 0 Å². The SMILES string of the molecule is O=C(Nc1ccccc1Cl)C(c1ccccc1)C(c1ccccc1)c1ccccc1. The van der Waals surface area contributed by atoms with E-state index in [9.17, 15) is 4.79 Å². The van der Waals surface area contributed by atoms with Crippen LogP contribution < -0.4 is 5.32 Å². The second kappa shape index (κ2) is 9.43. The number of carbonyl (C=O) groups excluding carboxylic acids is 1. The Balaban J connectivity index is 1.83. The molecule has 4 aromatic rings. The Morgan fingerprint density at radius 1 is 0.600 bits per heavy atom. The molecule has 0 aliphatic carbocycles. The Morgan fingerprint density at radius 2 is 1.03 bits per heavy atom. The first-order chi connectivity index (χ1) is 14.7. The van der Waals surface area contributed by atoms with Crippen LogP contribution in [0.15, 0.2) is 115 Å². The molecule has 0 heterocycles. The molecule has 0 bridgehead atoms. The molecule has 2 nitrogen and oxygen atoms in total. The average Bonchev–Trinajstić information content (AvgIpc) is 2.80. The Morgan fingerprint density at radius 3 is 1.53 bits per heavy atom. The molecule has 148 valence electrons. The summed E-state index contributed by atoms with van der Waals surface area (Å²) >= 11 is 6.32. The van der Waals surface area contributed by atoms with Gasteiger partial charge in [0.15, 0.2) is 0 Å². The zero-order valence-electron chi connectivity index (χ0n) is 16.4. The lowest BCUT2D eigenvalue weighted by atomic mass is 9.76. The summed E-state index contributed by atoms with van der Waals surface area (Å²) in [6, 6.07) is 37.6. The summed E-state index contributed by atoms with van der Waals surface area (Å²) in [5, 5.41) is 3.58. The summed E-state index contributed by atoms with van der Waals surface area (Å²) in [7, 11) is 0. The van der Waals surface area contributed by atoms with E-state index >= 15 is 0 Å². The fourth-order valence-corrected chi connectivity index (χ4v) is 4.01. The number of rotatable bonds is 6. The van der Waals surface area contributed by atoms with E-state index in [0.717, 1.165) is 16.7 Å². The number of halogens is 1. The summed E-state index contributed by atoms with van der Waals surface area (Å²) in [6.07, 6.45) is 0. The fourth-order valence-electron chi connectivity index (χ4n) is 3.83. The zero-order valence-corrected chi connectivity index (χ0v) is 17.2. The van der Waals surface area contributed by atoms with Gasteiger partial charge in [0.25, 0.3) is 0 Å². The van der Waals surface area contributed by atoms with Crippen molar-refractivity contribution < 1.29 is 4.79 Å². The summed E-state index contributed by atoms with van der Waals surface area (Å²) < 4.78 is 0. The van der Waals surface area contributed by atoms with Crippen molar-refractivity contribution in [2.24, 2.45) is 0 Å². The predicted molar refractivity (Wildman–Crippen MR) is 124 cm³/mol. The molecule has 0 radical (unpaired) electrons. The monoisotopic (exact) mass is 411 g/mol. The molecule has 1 atom stereocenters. The molecule has 1 amide bonds. The minimum atomic E-state index is -0.424. The molecule has 4 aromatic carbocycles. The molecular formula is C27H22ClNO. The number of benzene rings is 4. The predicted octanol–water partition coefficient (Wildman–Crippen LogP) is 6.89. The van der Waals surface area contributed by atoms with E-state index in [0.29, 0.717) is 10.7 Å². The summed E-state index contributed by atoms with van der Waals surface area (Å²) in [5.41, 5.74) is 3.75. The van der Waals surface area contributed by atoms with Crippen molar-refractivity contribution in [1.29, 1.82) is 0 Å². The Hall–Kier alpha value is -3.36. The van der Waals surface area contributed by atoms with Crippen LogP contribution in [0.1, 0.15) is 28.5 Å². The van der Waals surface area contributed by atoms with Crippen molar-refractivity contribution in [3.63, 3.8) is 0 Å². The van der Waals surface area contributed by atoms with E-state index in [4.69, 9.17) is 11.6 Å². The smallest absolute Gasteiger partial charge is 0.232 e. The van der Waals surface area contributed by atoms with Gasteiger partial charge in [-0.1, -0.05) is 115 Å². The van der Waals surface area contributed by atoms with Crippen molar-refractivity contribution in [2.75, 3.05) is 5.32 Å². The third-order valence-electron chi connectivity index (χ3n) is 5.22. The van der Waals surface area contributed by atoms with Gasteiger partial charge >= 0.3 is 0 Å². The highest BCUT2D eigenvalue weighted by molar-refractivity contribution is 6.33. The lowest BCUT2D eigenvalue weighted by Crippen LogP contribution is -2.27. The van der Waals surface area contributed by atoms with Gasteiger partial charge in [-0.05, 0) is 28.8 Å². The summed E-state index contributed by atoms with van der Waals surface area (Å²) in [4.78, 5) is 13.7. The third kappa shape index (κ3) is 4.45. The maximum absolute atomic E-state index is 13.7. The molecule has 1 unspecified atom stereocenters. The first-order valence-corrected chi connectivity index (χ1v) is 10.3. The van der Waals surface area contributed by atoms with Gasteiger partial charge in [-0.15, -0.1) is 0 Å². The van der Waals surface area contributed by atoms with Gasteiger partial charge < -0.3 is 5.32 Å². The van der Waals surface area contributed by atoms with Gasteiger partial charge in [-0.2, -0.15) is 0 Å². The van der Waals surface area contributed by atoms with Crippen molar-refractivity contribution in [2.45, 2.75) is 11.8 Å². The lowest BCUT2D eigenvalue weighted by Gasteiger charge is -2.28. The Bertz CT molecular complexity index is 1060. The lowest BCUT2D eigenvalue weighted by molar-refractivity contribution is -0.117. The van der Waals surface area contributed by atoms with Crippen LogP contribution in [0.25, 0.3) is 0 Å². The molecule has 1 N–H and O–H groups in total. The molecule has 0 aromatic heterocycles. The molecule has 0 fully saturated rings. The van der Waals surface area contributed by atoms with Crippen LogP contribution in [0.2, 0.25) is 5.02 Å². The van der Waals surface area contributed by atoms with Crippen LogP contribution >= 0.6 is 11.6 Å².